The predicted octanol–water partition coefficient (Wildman–Crippen LogP) is 4.76. The van der Waals surface area contributed by atoms with Gasteiger partial charge in [-0.15, -0.1) is 11.8 Å². The summed E-state index contributed by atoms with van der Waals surface area (Å²) in [6, 6.07) is 0.537. The zero-order chi connectivity index (χ0) is 14.4. The number of rotatable bonds is 3. The van der Waals surface area contributed by atoms with Crippen molar-refractivity contribution < 1.29 is 4.74 Å². The van der Waals surface area contributed by atoms with Crippen LogP contribution in [0.4, 0.5) is 0 Å². The Labute approximate surface area is 123 Å². The number of nitrogens with zero attached hydrogens (tertiary/aromatic N) is 1. The normalized spacial score (nSPS) is 34.1. The van der Waals surface area contributed by atoms with Crippen molar-refractivity contribution in [3.63, 3.8) is 0 Å². The second-order valence-electron chi connectivity index (χ2n) is 5.97. The molecule has 2 nitrogen and oxygen atoms in total. The minimum atomic E-state index is 0.398. The van der Waals surface area contributed by atoms with Crippen LogP contribution in [0.15, 0.2) is 17.3 Å². The first kappa shape index (κ1) is 16.6. The first-order chi connectivity index (χ1) is 8.97. The second kappa shape index (κ2) is 7.98. The maximum atomic E-state index is 5.31. The van der Waals surface area contributed by atoms with Crippen molar-refractivity contribution in [3.8, 4) is 0 Å². The molecule has 110 valence electrons. The number of ether oxygens (including phenoxy) is 1. The van der Waals surface area contributed by atoms with Crippen molar-refractivity contribution in [2.45, 2.75) is 65.4 Å². The van der Waals surface area contributed by atoms with Crippen molar-refractivity contribution >= 4 is 17.3 Å². The van der Waals surface area contributed by atoms with E-state index in [4.69, 9.17) is 4.74 Å². The van der Waals surface area contributed by atoms with Crippen molar-refractivity contribution in [1.82, 2.24) is 0 Å². The lowest BCUT2D eigenvalue weighted by atomic mass is 9.89. The first-order valence-electron chi connectivity index (χ1n) is 7.46. The first-order valence-corrected chi connectivity index (χ1v) is 8.40. The topological polar surface area (TPSA) is 21.6 Å². The average molecular weight is 283 g/mol. The van der Waals surface area contributed by atoms with Gasteiger partial charge in [0.05, 0.1) is 17.9 Å². The molecular formula is C16H29NOS. The van der Waals surface area contributed by atoms with Gasteiger partial charge in [-0.2, -0.15) is 0 Å². The van der Waals surface area contributed by atoms with Crippen molar-refractivity contribution in [2.24, 2.45) is 22.7 Å². The van der Waals surface area contributed by atoms with Crippen molar-refractivity contribution in [1.29, 1.82) is 0 Å². The summed E-state index contributed by atoms with van der Waals surface area (Å²) >= 11 is 1.87. The van der Waals surface area contributed by atoms with Gasteiger partial charge in [-0.1, -0.05) is 34.1 Å². The SMILES string of the molecule is CC(C)C1SC=NC1C.CCC(C)C1C=COC1C. The fraction of sp³-hybridized carbons (Fsp3) is 0.812. The Hall–Kier alpha value is -0.440. The van der Waals surface area contributed by atoms with E-state index in [-0.39, 0.29) is 0 Å². The van der Waals surface area contributed by atoms with Crippen LogP contribution in [-0.2, 0) is 4.74 Å². The minimum Gasteiger partial charge on any atom is -0.498 e. The summed E-state index contributed by atoms with van der Waals surface area (Å²) in [5.41, 5.74) is 1.98. The lowest BCUT2D eigenvalue weighted by molar-refractivity contribution is 0.128. The van der Waals surface area contributed by atoms with Crippen LogP contribution >= 0.6 is 11.8 Å². The standard InChI is InChI=1S/C9H16O.C7H13NS/c1-4-7(2)9-5-6-10-8(9)3;1-5(2)7-6(3)8-4-9-7/h5-9H,4H2,1-3H3;4-7H,1-3H3. The highest BCUT2D eigenvalue weighted by Gasteiger charge is 2.24. The van der Waals surface area contributed by atoms with Crippen molar-refractivity contribution in [2.75, 3.05) is 0 Å². The third-order valence-electron chi connectivity index (χ3n) is 4.08. The molecule has 0 amide bonds. The molecule has 5 atom stereocenters. The molecule has 19 heavy (non-hydrogen) atoms. The van der Waals surface area contributed by atoms with Gasteiger partial charge < -0.3 is 4.74 Å². The van der Waals surface area contributed by atoms with E-state index < -0.39 is 0 Å². The summed E-state index contributed by atoms with van der Waals surface area (Å²) in [7, 11) is 0. The molecule has 0 radical (unpaired) electrons. The van der Waals surface area contributed by atoms with Gasteiger partial charge in [0.2, 0.25) is 0 Å². The van der Waals surface area contributed by atoms with Gasteiger partial charge in [-0.05, 0) is 31.8 Å². The average Bonchev–Trinajstić information content (AvgIpc) is 2.97. The lowest BCUT2D eigenvalue weighted by Crippen LogP contribution is -2.19. The molecule has 0 aliphatic carbocycles. The smallest absolute Gasteiger partial charge is 0.102 e. The number of hydrogen-bond acceptors (Lipinski definition) is 3. The Kier molecular flexibility index (Phi) is 6.98. The van der Waals surface area contributed by atoms with E-state index in [0.29, 0.717) is 18.1 Å². The third-order valence-corrected chi connectivity index (χ3v) is 5.58. The Morgan fingerprint density at radius 3 is 2.26 bits per heavy atom. The van der Waals surface area contributed by atoms with Gasteiger partial charge in [-0.25, -0.2) is 0 Å². The summed E-state index contributed by atoms with van der Waals surface area (Å²) < 4.78 is 5.31. The van der Waals surface area contributed by atoms with Gasteiger partial charge in [0.25, 0.3) is 0 Å². The summed E-state index contributed by atoms with van der Waals surface area (Å²) in [5, 5.41) is 0.727. The number of thioether (sulfide) groups is 1. The van der Waals surface area contributed by atoms with Gasteiger partial charge in [-0.3, -0.25) is 4.99 Å². The summed E-state index contributed by atoms with van der Waals surface area (Å²) in [6.45, 7) is 13.3. The van der Waals surface area contributed by atoms with E-state index in [9.17, 15) is 0 Å². The molecular weight excluding hydrogens is 254 g/mol. The van der Waals surface area contributed by atoms with E-state index in [1.807, 2.05) is 23.6 Å². The highest BCUT2D eigenvalue weighted by Crippen LogP contribution is 2.28. The molecule has 0 saturated heterocycles. The van der Waals surface area contributed by atoms with Crippen LogP contribution in [0.25, 0.3) is 0 Å². The van der Waals surface area contributed by atoms with Crippen LogP contribution in [0.2, 0.25) is 0 Å². The monoisotopic (exact) mass is 283 g/mol. The highest BCUT2D eigenvalue weighted by molar-refractivity contribution is 8.12. The fourth-order valence-corrected chi connectivity index (χ4v) is 3.56. The molecule has 2 aliphatic rings. The van der Waals surface area contributed by atoms with Crippen LogP contribution in [0.3, 0.4) is 0 Å². The Balaban J connectivity index is 0.000000191. The summed E-state index contributed by atoms with van der Waals surface area (Å²) in [6.07, 6.45) is 5.65. The zero-order valence-corrected chi connectivity index (χ0v) is 14.0. The Morgan fingerprint density at radius 2 is 1.95 bits per heavy atom. The fourth-order valence-electron chi connectivity index (χ4n) is 2.55. The van der Waals surface area contributed by atoms with Gasteiger partial charge in [0.1, 0.15) is 6.10 Å². The quantitative estimate of drug-likeness (QED) is 0.745. The van der Waals surface area contributed by atoms with Crippen LogP contribution in [0.1, 0.15) is 48.0 Å². The molecule has 0 aromatic rings. The number of hydrogen-bond donors (Lipinski definition) is 0. The lowest BCUT2D eigenvalue weighted by Gasteiger charge is -2.19. The van der Waals surface area contributed by atoms with Crippen LogP contribution in [0.5, 0.6) is 0 Å². The zero-order valence-electron chi connectivity index (χ0n) is 13.2. The summed E-state index contributed by atoms with van der Waals surface area (Å²) in [4.78, 5) is 4.28. The van der Waals surface area contributed by atoms with Gasteiger partial charge >= 0.3 is 0 Å². The maximum absolute atomic E-state index is 5.31. The third kappa shape index (κ3) is 4.87. The molecule has 3 heteroatoms. The molecule has 0 saturated carbocycles. The molecule has 2 rings (SSSR count). The van der Waals surface area contributed by atoms with Gasteiger partial charge in [0.15, 0.2) is 0 Å². The van der Waals surface area contributed by atoms with Gasteiger partial charge in [0, 0.05) is 11.2 Å². The molecule has 0 bridgehead atoms. The molecule has 5 unspecified atom stereocenters. The molecule has 2 heterocycles. The molecule has 0 aromatic heterocycles. The van der Waals surface area contributed by atoms with E-state index in [1.54, 1.807) is 0 Å². The van der Waals surface area contributed by atoms with Crippen molar-refractivity contribution in [3.05, 3.63) is 12.3 Å². The minimum absolute atomic E-state index is 0.398. The van der Waals surface area contributed by atoms with Crippen LogP contribution < -0.4 is 0 Å². The predicted molar refractivity (Wildman–Crippen MR) is 86.8 cm³/mol. The Morgan fingerprint density at radius 1 is 1.26 bits per heavy atom. The molecule has 0 spiro atoms. The van der Waals surface area contributed by atoms with Crippen LogP contribution in [-0.4, -0.2) is 22.9 Å². The largest absolute Gasteiger partial charge is 0.498 e. The van der Waals surface area contributed by atoms with E-state index in [2.05, 4.69) is 52.6 Å². The van der Waals surface area contributed by atoms with E-state index >= 15 is 0 Å². The van der Waals surface area contributed by atoms with E-state index in [1.165, 1.54) is 6.42 Å². The summed E-state index contributed by atoms with van der Waals surface area (Å²) in [5.74, 6) is 2.16. The van der Waals surface area contributed by atoms with E-state index in [0.717, 1.165) is 17.1 Å². The maximum Gasteiger partial charge on any atom is 0.102 e. The number of aliphatic imine (C=N–C) groups is 1. The van der Waals surface area contributed by atoms with Crippen LogP contribution in [0, 0.1) is 17.8 Å². The Bertz CT molecular complexity index is 314. The molecule has 0 N–H and O–H groups in total. The molecule has 0 aromatic carbocycles. The highest BCUT2D eigenvalue weighted by atomic mass is 32.2. The molecule has 2 aliphatic heterocycles. The second-order valence-corrected chi connectivity index (χ2v) is 7.00. The molecule has 0 fully saturated rings.